The number of phenolic OH excluding ortho intramolecular Hbond substituents is 1. The Labute approximate surface area is 182 Å². The van der Waals surface area contributed by atoms with Crippen LogP contribution < -0.4 is 9.47 Å². The number of rotatable bonds is 7. The summed E-state index contributed by atoms with van der Waals surface area (Å²) in [5.41, 5.74) is 1.86. The number of β-amino-alcohol motifs (C(OH)–C–C–N with tert-alkyl or cyclic N) is 1. The summed E-state index contributed by atoms with van der Waals surface area (Å²) in [7, 11) is 0. The normalized spacial score (nSPS) is 18.3. The Bertz CT molecular complexity index is 980. The summed E-state index contributed by atoms with van der Waals surface area (Å²) in [6, 6.07) is 10.7. The molecule has 4 rings (SSSR count). The Morgan fingerprint density at radius 2 is 1.84 bits per heavy atom. The standard InChI is InChI=1S/C24H28N2O5/c1-2-30-21-6-4-3-5-17(21)15-22-23(29)18-7-8-20(28)19(24(18)31-22)16-26-11-9-25(10-12-26)13-14-27/h3-8,15,27-28H,2,9-14,16H2,1H3/b22-15-. The van der Waals surface area contributed by atoms with Gasteiger partial charge in [0.1, 0.15) is 17.2 Å². The summed E-state index contributed by atoms with van der Waals surface area (Å²) in [4.78, 5) is 17.4. The summed E-state index contributed by atoms with van der Waals surface area (Å²) >= 11 is 0. The third kappa shape index (κ3) is 4.58. The van der Waals surface area contributed by atoms with Crippen molar-refractivity contribution in [1.29, 1.82) is 0 Å². The van der Waals surface area contributed by atoms with Gasteiger partial charge in [0.05, 0.1) is 24.3 Å². The molecule has 0 radical (unpaired) electrons. The highest BCUT2D eigenvalue weighted by molar-refractivity contribution is 6.15. The molecule has 2 N–H and O–H groups in total. The van der Waals surface area contributed by atoms with Gasteiger partial charge >= 0.3 is 0 Å². The van der Waals surface area contributed by atoms with Gasteiger partial charge in [-0.3, -0.25) is 14.6 Å². The van der Waals surface area contributed by atoms with E-state index in [1.165, 1.54) is 0 Å². The lowest BCUT2D eigenvalue weighted by Gasteiger charge is -2.34. The lowest BCUT2D eigenvalue weighted by Crippen LogP contribution is -2.46. The fourth-order valence-electron chi connectivity index (χ4n) is 4.01. The first kappa shape index (κ1) is 21.4. The maximum Gasteiger partial charge on any atom is 0.231 e. The molecule has 164 valence electrons. The number of hydrogen-bond donors (Lipinski definition) is 2. The van der Waals surface area contributed by atoms with Crippen LogP contribution in [0.5, 0.6) is 17.2 Å². The van der Waals surface area contributed by atoms with Gasteiger partial charge < -0.3 is 19.7 Å². The molecule has 0 aromatic heterocycles. The van der Waals surface area contributed by atoms with E-state index in [-0.39, 0.29) is 23.9 Å². The molecule has 31 heavy (non-hydrogen) atoms. The predicted octanol–water partition coefficient (Wildman–Crippen LogP) is 2.52. The number of aliphatic hydroxyl groups is 1. The van der Waals surface area contributed by atoms with Gasteiger partial charge in [-0.15, -0.1) is 0 Å². The van der Waals surface area contributed by atoms with Crippen LogP contribution in [0, 0.1) is 0 Å². The zero-order chi connectivity index (χ0) is 21.8. The SMILES string of the molecule is CCOc1ccccc1/C=C1\Oc2c(ccc(O)c2CN2CCN(CCO)CC2)C1=O. The van der Waals surface area contributed by atoms with Crippen LogP contribution in [0.1, 0.15) is 28.4 Å². The number of benzene rings is 2. The molecule has 2 aliphatic rings. The van der Waals surface area contributed by atoms with E-state index in [2.05, 4.69) is 9.80 Å². The third-order valence-corrected chi connectivity index (χ3v) is 5.68. The minimum Gasteiger partial charge on any atom is -0.507 e. The fourth-order valence-corrected chi connectivity index (χ4v) is 4.01. The molecule has 0 saturated carbocycles. The third-order valence-electron chi connectivity index (χ3n) is 5.68. The Morgan fingerprint density at radius 1 is 1.10 bits per heavy atom. The Hall–Kier alpha value is -2.87. The van der Waals surface area contributed by atoms with Crippen molar-refractivity contribution in [3.63, 3.8) is 0 Å². The number of ketones is 1. The highest BCUT2D eigenvalue weighted by Crippen LogP contribution is 2.40. The van der Waals surface area contributed by atoms with E-state index in [4.69, 9.17) is 14.6 Å². The average Bonchev–Trinajstić information content (AvgIpc) is 3.09. The smallest absolute Gasteiger partial charge is 0.231 e. The number of aliphatic hydroxyl groups excluding tert-OH is 1. The maximum absolute atomic E-state index is 13.0. The van der Waals surface area contributed by atoms with Crippen molar-refractivity contribution >= 4 is 11.9 Å². The number of carbonyl (C=O) groups is 1. The summed E-state index contributed by atoms with van der Waals surface area (Å²) < 4.78 is 11.6. The Kier molecular flexibility index (Phi) is 6.56. The van der Waals surface area contributed by atoms with E-state index in [0.29, 0.717) is 42.3 Å². The second kappa shape index (κ2) is 9.51. The van der Waals surface area contributed by atoms with Gasteiger partial charge in [0, 0.05) is 44.8 Å². The topological polar surface area (TPSA) is 82.5 Å². The summed E-state index contributed by atoms with van der Waals surface area (Å²) in [6.45, 7) is 7.12. The molecule has 0 aliphatic carbocycles. The van der Waals surface area contributed by atoms with E-state index >= 15 is 0 Å². The van der Waals surface area contributed by atoms with E-state index in [1.807, 2.05) is 31.2 Å². The minimum absolute atomic E-state index is 0.125. The van der Waals surface area contributed by atoms with Gasteiger partial charge in [-0.2, -0.15) is 0 Å². The first-order valence-electron chi connectivity index (χ1n) is 10.7. The van der Waals surface area contributed by atoms with Crippen LogP contribution in [0.2, 0.25) is 0 Å². The van der Waals surface area contributed by atoms with Crippen LogP contribution >= 0.6 is 0 Å². The van der Waals surface area contributed by atoms with E-state index in [9.17, 15) is 9.90 Å². The molecule has 7 nitrogen and oxygen atoms in total. The Balaban J connectivity index is 1.56. The molecule has 2 aromatic carbocycles. The van der Waals surface area contributed by atoms with Crippen LogP contribution in [-0.2, 0) is 6.54 Å². The second-order valence-electron chi connectivity index (χ2n) is 7.69. The van der Waals surface area contributed by atoms with Crippen molar-refractivity contribution in [2.24, 2.45) is 0 Å². The van der Waals surface area contributed by atoms with E-state index < -0.39 is 0 Å². The zero-order valence-corrected chi connectivity index (χ0v) is 17.7. The van der Waals surface area contributed by atoms with Crippen molar-refractivity contribution < 1.29 is 24.5 Å². The van der Waals surface area contributed by atoms with Crippen LogP contribution in [0.25, 0.3) is 6.08 Å². The first-order valence-corrected chi connectivity index (χ1v) is 10.7. The first-order chi connectivity index (χ1) is 15.1. The van der Waals surface area contributed by atoms with Gasteiger partial charge in [0.15, 0.2) is 5.76 Å². The molecule has 0 atom stereocenters. The van der Waals surface area contributed by atoms with Crippen LogP contribution in [-0.4, -0.2) is 71.7 Å². The van der Waals surface area contributed by atoms with Crippen LogP contribution in [0.4, 0.5) is 0 Å². The second-order valence-corrected chi connectivity index (χ2v) is 7.69. The molecule has 2 aliphatic heterocycles. The van der Waals surface area contributed by atoms with E-state index in [0.717, 1.165) is 31.7 Å². The van der Waals surface area contributed by atoms with Gasteiger partial charge in [0.2, 0.25) is 5.78 Å². The van der Waals surface area contributed by atoms with Crippen molar-refractivity contribution in [2.75, 3.05) is 45.9 Å². The van der Waals surface area contributed by atoms with Crippen molar-refractivity contribution in [1.82, 2.24) is 9.80 Å². The zero-order valence-electron chi connectivity index (χ0n) is 17.7. The van der Waals surface area contributed by atoms with Crippen LogP contribution in [0.3, 0.4) is 0 Å². The molecule has 0 spiro atoms. The predicted molar refractivity (Wildman–Crippen MR) is 117 cm³/mol. The molecule has 1 saturated heterocycles. The quantitative estimate of drug-likeness (QED) is 0.661. The van der Waals surface area contributed by atoms with Crippen molar-refractivity contribution in [3.05, 3.63) is 58.8 Å². The lowest BCUT2D eigenvalue weighted by molar-refractivity contribution is 0.101. The molecule has 0 bridgehead atoms. The van der Waals surface area contributed by atoms with Crippen molar-refractivity contribution in [2.45, 2.75) is 13.5 Å². The number of carbonyl (C=O) groups excluding carboxylic acids is 1. The summed E-state index contributed by atoms with van der Waals surface area (Å²) in [5.74, 6) is 1.27. The largest absolute Gasteiger partial charge is 0.507 e. The molecule has 0 unspecified atom stereocenters. The summed E-state index contributed by atoms with van der Waals surface area (Å²) in [5, 5.41) is 19.6. The van der Waals surface area contributed by atoms with Crippen LogP contribution in [0.15, 0.2) is 42.2 Å². The number of phenols is 1. The van der Waals surface area contributed by atoms with Gasteiger partial charge in [0.25, 0.3) is 0 Å². The number of nitrogens with zero attached hydrogens (tertiary/aromatic N) is 2. The number of allylic oxidation sites excluding steroid dienone is 1. The molecule has 7 heteroatoms. The number of para-hydroxylation sites is 1. The molecular weight excluding hydrogens is 396 g/mol. The molecule has 1 fully saturated rings. The monoisotopic (exact) mass is 424 g/mol. The highest BCUT2D eigenvalue weighted by Gasteiger charge is 2.32. The average molecular weight is 424 g/mol. The van der Waals surface area contributed by atoms with Gasteiger partial charge in [-0.25, -0.2) is 0 Å². The molecular formula is C24H28N2O5. The van der Waals surface area contributed by atoms with Gasteiger partial charge in [-0.05, 0) is 31.2 Å². The number of ether oxygens (including phenoxy) is 2. The number of Topliss-reactive ketones (excluding diaryl/α,β-unsaturated/α-hetero) is 1. The Morgan fingerprint density at radius 3 is 2.58 bits per heavy atom. The number of hydrogen-bond acceptors (Lipinski definition) is 7. The number of piperazine rings is 1. The van der Waals surface area contributed by atoms with Gasteiger partial charge in [-0.1, -0.05) is 18.2 Å². The number of fused-ring (bicyclic) bond motifs is 1. The fraction of sp³-hybridized carbons (Fsp3) is 0.375. The van der Waals surface area contributed by atoms with E-state index in [1.54, 1.807) is 18.2 Å². The molecule has 2 heterocycles. The molecule has 2 aromatic rings. The highest BCUT2D eigenvalue weighted by atomic mass is 16.5. The summed E-state index contributed by atoms with van der Waals surface area (Å²) in [6.07, 6.45) is 1.70. The molecule has 0 amide bonds. The lowest BCUT2D eigenvalue weighted by atomic mass is 10.0. The number of aromatic hydroxyl groups is 1. The minimum atomic E-state index is -0.199. The van der Waals surface area contributed by atoms with Crippen molar-refractivity contribution in [3.8, 4) is 17.2 Å². The maximum atomic E-state index is 13.0.